The first-order valence-electron chi connectivity index (χ1n) is 6.79. The summed E-state index contributed by atoms with van der Waals surface area (Å²) in [6.45, 7) is 2.31. The van der Waals surface area contributed by atoms with Crippen LogP contribution in [0.5, 0.6) is 0 Å². The molecule has 92 valence electrons. The number of hydrogen-bond donors (Lipinski definition) is 1. The predicted molar refractivity (Wildman–Crippen MR) is 76.7 cm³/mol. The Kier molecular flexibility index (Phi) is 3.42. The van der Waals surface area contributed by atoms with Crippen molar-refractivity contribution in [2.45, 2.75) is 18.8 Å². The second-order valence-electron chi connectivity index (χ2n) is 5.03. The fourth-order valence-electron chi connectivity index (χ4n) is 2.71. The summed E-state index contributed by atoms with van der Waals surface area (Å²) in [5, 5.41) is 3.48. The van der Waals surface area contributed by atoms with E-state index in [4.69, 9.17) is 0 Å². The Morgan fingerprint density at radius 3 is 2.22 bits per heavy atom. The standard InChI is InChI=1S/C17H19N/c1-2-5-14(6-3-1)15-8-10-16(11-9-15)17-7-4-12-18-13-17/h1-3,5-6,8-11,17-18H,4,7,12-13H2/t17-/m0/s1. The van der Waals surface area contributed by atoms with Gasteiger partial charge in [-0.05, 0) is 42.0 Å². The first-order chi connectivity index (χ1) is 8.93. The molecule has 0 radical (unpaired) electrons. The van der Waals surface area contributed by atoms with Crippen molar-refractivity contribution in [3.8, 4) is 11.1 Å². The number of hydrogen-bond acceptors (Lipinski definition) is 1. The van der Waals surface area contributed by atoms with Crippen molar-refractivity contribution in [3.05, 3.63) is 60.2 Å². The second-order valence-corrected chi connectivity index (χ2v) is 5.03. The van der Waals surface area contributed by atoms with Gasteiger partial charge in [0.05, 0.1) is 0 Å². The van der Waals surface area contributed by atoms with Gasteiger partial charge in [0, 0.05) is 6.54 Å². The van der Waals surface area contributed by atoms with Crippen molar-refractivity contribution in [1.29, 1.82) is 0 Å². The highest BCUT2D eigenvalue weighted by Crippen LogP contribution is 2.26. The summed E-state index contributed by atoms with van der Waals surface area (Å²) in [6.07, 6.45) is 2.61. The fourth-order valence-corrected chi connectivity index (χ4v) is 2.71. The molecule has 2 aromatic rings. The van der Waals surface area contributed by atoms with E-state index in [1.165, 1.54) is 36.1 Å². The zero-order valence-corrected chi connectivity index (χ0v) is 10.6. The summed E-state index contributed by atoms with van der Waals surface area (Å²) in [5.41, 5.74) is 4.08. The van der Waals surface area contributed by atoms with Crippen LogP contribution < -0.4 is 5.32 Å². The van der Waals surface area contributed by atoms with E-state index in [1.54, 1.807) is 0 Å². The van der Waals surface area contributed by atoms with Gasteiger partial charge in [-0.15, -0.1) is 0 Å². The quantitative estimate of drug-likeness (QED) is 0.837. The molecule has 0 unspecified atom stereocenters. The van der Waals surface area contributed by atoms with E-state index in [2.05, 4.69) is 59.9 Å². The van der Waals surface area contributed by atoms with E-state index >= 15 is 0 Å². The third-order valence-corrected chi connectivity index (χ3v) is 3.79. The molecule has 1 fully saturated rings. The molecule has 18 heavy (non-hydrogen) atoms. The summed E-state index contributed by atoms with van der Waals surface area (Å²) in [7, 11) is 0. The highest BCUT2D eigenvalue weighted by molar-refractivity contribution is 5.63. The minimum absolute atomic E-state index is 0.698. The van der Waals surface area contributed by atoms with Gasteiger partial charge in [0.25, 0.3) is 0 Å². The molecule has 0 amide bonds. The number of rotatable bonds is 2. The maximum atomic E-state index is 3.48. The Bertz CT molecular complexity index is 481. The molecule has 0 bridgehead atoms. The average Bonchev–Trinajstić information content (AvgIpc) is 2.49. The topological polar surface area (TPSA) is 12.0 Å². The van der Waals surface area contributed by atoms with E-state index < -0.39 is 0 Å². The van der Waals surface area contributed by atoms with E-state index in [1.807, 2.05) is 0 Å². The molecule has 0 aliphatic carbocycles. The minimum Gasteiger partial charge on any atom is -0.316 e. The van der Waals surface area contributed by atoms with Gasteiger partial charge in [0.2, 0.25) is 0 Å². The lowest BCUT2D eigenvalue weighted by atomic mass is 9.90. The molecule has 1 saturated heterocycles. The zero-order chi connectivity index (χ0) is 12.2. The molecule has 0 spiro atoms. The van der Waals surface area contributed by atoms with Crippen LogP contribution in [0.1, 0.15) is 24.3 Å². The maximum absolute atomic E-state index is 3.48. The Morgan fingerprint density at radius 2 is 1.56 bits per heavy atom. The molecule has 1 heteroatoms. The summed E-state index contributed by atoms with van der Waals surface area (Å²) in [4.78, 5) is 0. The lowest BCUT2D eigenvalue weighted by Crippen LogP contribution is -2.28. The van der Waals surface area contributed by atoms with Crippen LogP contribution in [0.2, 0.25) is 0 Å². The summed E-state index contributed by atoms with van der Waals surface area (Å²) < 4.78 is 0. The van der Waals surface area contributed by atoms with Crippen molar-refractivity contribution >= 4 is 0 Å². The molecular formula is C17H19N. The third kappa shape index (κ3) is 2.46. The Labute approximate surface area is 109 Å². The Morgan fingerprint density at radius 1 is 0.833 bits per heavy atom. The average molecular weight is 237 g/mol. The van der Waals surface area contributed by atoms with Crippen molar-refractivity contribution in [2.75, 3.05) is 13.1 Å². The van der Waals surface area contributed by atoms with Gasteiger partial charge in [-0.2, -0.15) is 0 Å². The molecule has 3 rings (SSSR count). The van der Waals surface area contributed by atoms with Crippen LogP contribution in [0.3, 0.4) is 0 Å². The minimum atomic E-state index is 0.698. The van der Waals surface area contributed by atoms with E-state index in [0.29, 0.717) is 5.92 Å². The summed E-state index contributed by atoms with van der Waals surface area (Å²) in [6, 6.07) is 19.7. The molecule has 1 aliphatic heterocycles. The van der Waals surface area contributed by atoms with Crippen LogP contribution in [0.15, 0.2) is 54.6 Å². The van der Waals surface area contributed by atoms with Gasteiger partial charge < -0.3 is 5.32 Å². The van der Waals surface area contributed by atoms with Gasteiger partial charge >= 0.3 is 0 Å². The van der Waals surface area contributed by atoms with Crippen molar-refractivity contribution in [2.24, 2.45) is 0 Å². The number of nitrogens with one attached hydrogen (secondary N) is 1. The Balaban J connectivity index is 1.80. The molecule has 2 aromatic carbocycles. The maximum Gasteiger partial charge on any atom is 0.00201 e. The molecule has 1 heterocycles. The van der Waals surface area contributed by atoms with Crippen molar-refractivity contribution in [3.63, 3.8) is 0 Å². The molecule has 1 nitrogen and oxygen atoms in total. The second kappa shape index (κ2) is 5.36. The van der Waals surface area contributed by atoms with Crippen LogP contribution in [0.4, 0.5) is 0 Å². The van der Waals surface area contributed by atoms with Gasteiger partial charge in [-0.1, -0.05) is 54.6 Å². The summed E-state index contributed by atoms with van der Waals surface area (Å²) >= 11 is 0. The zero-order valence-electron chi connectivity index (χ0n) is 10.6. The third-order valence-electron chi connectivity index (χ3n) is 3.79. The van der Waals surface area contributed by atoms with Gasteiger partial charge in [0.1, 0.15) is 0 Å². The van der Waals surface area contributed by atoms with Gasteiger partial charge in [-0.25, -0.2) is 0 Å². The van der Waals surface area contributed by atoms with E-state index in [9.17, 15) is 0 Å². The molecule has 1 N–H and O–H groups in total. The largest absolute Gasteiger partial charge is 0.316 e. The lowest BCUT2D eigenvalue weighted by molar-refractivity contribution is 0.461. The Hall–Kier alpha value is -1.60. The molecular weight excluding hydrogens is 218 g/mol. The monoisotopic (exact) mass is 237 g/mol. The van der Waals surface area contributed by atoms with Gasteiger partial charge in [-0.3, -0.25) is 0 Å². The fraction of sp³-hybridized carbons (Fsp3) is 0.294. The van der Waals surface area contributed by atoms with Gasteiger partial charge in [0.15, 0.2) is 0 Å². The van der Waals surface area contributed by atoms with Crippen LogP contribution in [0, 0.1) is 0 Å². The van der Waals surface area contributed by atoms with E-state index in [0.717, 1.165) is 6.54 Å². The van der Waals surface area contributed by atoms with Crippen LogP contribution in [-0.4, -0.2) is 13.1 Å². The summed E-state index contributed by atoms with van der Waals surface area (Å²) in [5.74, 6) is 0.698. The lowest BCUT2D eigenvalue weighted by Gasteiger charge is -2.23. The van der Waals surface area contributed by atoms with Crippen LogP contribution in [0.25, 0.3) is 11.1 Å². The highest BCUT2D eigenvalue weighted by atomic mass is 14.9. The molecule has 0 aromatic heterocycles. The van der Waals surface area contributed by atoms with E-state index in [-0.39, 0.29) is 0 Å². The predicted octanol–water partition coefficient (Wildman–Crippen LogP) is 3.82. The molecule has 0 saturated carbocycles. The molecule has 1 aliphatic rings. The molecule has 1 atom stereocenters. The van der Waals surface area contributed by atoms with Crippen LogP contribution in [-0.2, 0) is 0 Å². The first kappa shape index (κ1) is 11.5. The normalized spacial score (nSPS) is 19.7. The number of benzene rings is 2. The van der Waals surface area contributed by atoms with Crippen LogP contribution >= 0.6 is 0 Å². The first-order valence-corrected chi connectivity index (χ1v) is 6.79. The smallest absolute Gasteiger partial charge is 0.00201 e. The van der Waals surface area contributed by atoms with Crippen molar-refractivity contribution < 1.29 is 0 Å². The number of piperidine rings is 1. The highest BCUT2D eigenvalue weighted by Gasteiger charge is 2.14. The SMILES string of the molecule is c1ccc(-c2ccc([C@H]3CCCNC3)cc2)cc1. The van der Waals surface area contributed by atoms with Crippen molar-refractivity contribution in [1.82, 2.24) is 5.32 Å².